The third-order valence-corrected chi connectivity index (χ3v) is 15.8. The minimum Gasteiger partial charge on any atom is -0.0622 e. The number of hydrogen-bond acceptors (Lipinski definition) is 0. The van der Waals surface area contributed by atoms with Crippen molar-refractivity contribution in [2.45, 2.75) is 73.6 Å². The van der Waals surface area contributed by atoms with Crippen molar-refractivity contribution >= 4 is 21.5 Å². The molecule has 3 aliphatic rings. The summed E-state index contributed by atoms with van der Waals surface area (Å²) >= 11 is 0. The third-order valence-electron chi connectivity index (χ3n) is 15.8. The van der Waals surface area contributed by atoms with Crippen LogP contribution in [0.3, 0.4) is 0 Å². The van der Waals surface area contributed by atoms with Crippen molar-refractivity contribution in [2.75, 3.05) is 0 Å². The van der Waals surface area contributed by atoms with Crippen LogP contribution in [-0.4, -0.2) is 0 Å². The van der Waals surface area contributed by atoms with E-state index < -0.39 is 0 Å². The quantitative estimate of drug-likeness (QED) is 0.154. The molecule has 0 fully saturated rings. The SMILES string of the molecule is Cc1ccc2c(c1)-c1ccccc1C2.Cc1ccc2c(c1)C(C)(C)c1ccccc1-2.Cc1ccc2c(c1)Cc1ccccc1-2.Cc1ccc2ccccc2c1.Cc1cccc2ccccc12.Cc1ccccc1-c1ccccc1. The van der Waals surface area contributed by atoms with E-state index in [1.54, 1.807) is 0 Å². The second kappa shape index (κ2) is 24.2. The number of benzene rings is 12. The molecular formula is C79H72. The van der Waals surface area contributed by atoms with Gasteiger partial charge in [0.15, 0.2) is 0 Å². The summed E-state index contributed by atoms with van der Waals surface area (Å²) in [5.74, 6) is 0. The zero-order chi connectivity index (χ0) is 54.9. The van der Waals surface area contributed by atoms with Crippen LogP contribution >= 0.6 is 0 Å². The Balaban J connectivity index is 0.000000107. The van der Waals surface area contributed by atoms with Crippen LogP contribution in [0.5, 0.6) is 0 Å². The predicted octanol–water partition coefficient (Wildman–Crippen LogP) is 21.4. The zero-order valence-corrected chi connectivity index (χ0v) is 47.3. The number of hydrogen-bond donors (Lipinski definition) is 0. The number of aryl methyl sites for hydroxylation is 6. The molecule has 0 radical (unpaired) electrons. The zero-order valence-electron chi connectivity index (χ0n) is 47.3. The van der Waals surface area contributed by atoms with Crippen LogP contribution < -0.4 is 0 Å². The average molecular weight is 1020 g/mol. The van der Waals surface area contributed by atoms with Crippen molar-refractivity contribution in [3.63, 3.8) is 0 Å². The first-order valence-electron chi connectivity index (χ1n) is 28.0. The molecular weight excluding hydrogens is 949 g/mol. The van der Waals surface area contributed by atoms with Crippen LogP contribution in [-0.2, 0) is 18.3 Å². The summed E-state index contributed by atoms with van der Waals surface area (Å²) in [6, 6.07) is 95.1. The molecule has 0 unspecified atom stereocenters. The number of rotatable bonds is 1. The molecule has 0 spiro atoms. The largest absolute Gasteiger partial charge is 0.0622 e. The van der Waals surface area contributed by atoms with Gasteiger partial charge in [-0.25, -0.2) is 0 Å². The molecule has 0 saturated heterocycles. The summed E-state index contributed by atoms with van der Waals surface area (Å²) in [4.78, 5) is 0. The Kier molecular flexibility index (Phi) is 16.4. The molecule has 0 amide bonds. The standard InChI is InChI=1S/C16H16.2C14H12.C13H12.2C11H10/c1-11-8-9-13-12-6-4-5-7-14(12)16(2,3)15(13)10-11;1-10-6-7-14-12(8-10)9-11-4-2-3-5-13(11)14;1-10-6-7-12-9-11-4-2-3-5-13(11)14(12)8-10;1-11-7-5-6-10-13(11)12-8-3-2-4-9-12;1-9-5-4-7-10-6-2-3-8-11(9)10;1-9-6-7-10-4-2-3-5-11(10)8-9/h4-10H,1-3H3;2*2-8H,9H2,1H3;2-10H,1H3;2*2-8H,1H3. The van der Waals surface area contributed by atoms with Gasteiger partial charge in [-0.15, -0.1) is 0 Å². The Hall–Kier alpha value is -8.84. The van der Waals surface area contributed by atoms with Crippen molar-refractivity contribution in [1.82, 2.24) is 0 Å². The lowest BCUT2D eigenvalue weighted by molar-refractivity contribution is 0.660. The van der Waals surface area contributed by atoms with Gasteiger partial charge in [-0.2, -0.15) is 0 Å². The lowest BCUT2D eigenvalue weighted by Crippen LogP contribution is -2.14. The molecule has 0 aliphatic heterocycles. The molecule has 0 nitrogen and oxygen atoms in total. The van der Waals surface area contributed by atoms with E-state index in [2.05, 4.69) is 316 Å². The van der Waals surface area contributed by atoms with Gasteiger partial charge in [-0.05, 0) is 165 Å². The van der Waals surface area contributed by atoms with E-state index in [1.807, 2.05) is 6.07 Å². The van der Waals surface area contributed by atoms with E-state index in [9.17, 15) is 0 Å². The molecule has 0 heterocycles. The van der Waals surface area contributed by atoms with E-state index in [0.29, 0.717) is 0 Å². The number of fused-ring (bicyclic) bond motifs is 11. The first kappa shape index (κ1) is 53.6. The molecule has 12 aromatic carbocycles. The van der Waals surface area contributed by atoms with Crippen LogP contribution in [0, 0.1) is 41.5 Å². The highest BCUT2D eigenvalue weighted by Gasteiger charge is 2.34. The maximum absolute atomic E-state index is 2.33. The molecule has 0 bridgehead atoms. The van der Waals surface area contributed by atoms with Crippen LogP contribution in [0.4, 0.5) is 0 Å². The highest BCUT2D eigenvalue weighted by molar-refractivity contribution is 5.86. The first-order chi connectivity index (χ1) is 38.4. The van der Waals surface area contributed by atoms with Gasteiger partial charge in [-0.1, -0.05) is 303 Å². The molecule has 0 N–H and O–H groups in total. The topological polar surface area (TPSA) is 0 Å². The third kappa shape index (κ3) is 12.3. The van der Waals surface area contributed by atoms with Gasteiger partial charge >= 0.3 is 0 Å². The molecule has 79 heavy (non-hydrogen) atoms. The van der Waals surface area contributed by atoms with Gasteiger partial charge < -0.3 is 0 Å². The minimum atomic E-state index is 0.151. The molecule has 0 saturated carbocycles. The fraction of sp³-hybridized carbons (Fsp3) is 0.139. The van der Waals surface area contributed by atoms with Gasteiger partial charge in [0, 0.05) is 5.41 Å². The van der Waals surface area contributed by atoms with Crippen molar-refractivity contribution < 1.29 is 0 Å². The van der Waals surface area contributed by atoms with Gasteiger partial charge in [0.1, 0.15) is 0 Å². The van der Waals surface area contributed by atoms with E-state index in [4.69, 9.17) is 0 Å². The van der Waals surface area contributed by atoms with Gasteiger partial charge in [0.25, 0.3) is 0 Å². The van der Waals surface area contributed by atoms with E-state index in [1.165, 1.54) is 133 Å². The fourth-order valence-corrected chi connectivity index (χ4v) is 11.5. The Morgan fingerprint density at radius 1 is 0.253 bits per heavy atom. The van der Waals surface area contributed by atoms with Gasteiger partial charge in [0.2, 0.25) is 0 Å². The maximum atomic E-state index is 2.33. The molecule has 12 aromatic rings. The van der Waals surface area contributed by atoms with Crippen LogP contribution in [0.1, 0.15) is 80.6 Å². The maximum Gasteiger partial charge on any atom is 0.0158 e. The lowest BCUT2D eigenvalue weighted by atomic mass is 9.82. The lowest BCUT2D eigenvalue weighted by Gasteiger charge is -2.21. The minimum absolute atomic E-state index is 0.151. The summed E-state index contributed by atoms with van der Waals surface area (Å²) in [5.41, 5.74) is 28.1. The van der Waals surface area contributed by atoms with Crippen LogP contribution in [0.15, 0.2) is 267 Å². The predicted molar refractivity (Wildman–Crippen MR) is 342 cm³/mol. The Bertz CT molecular complexity index is 4040. The van der Waals surface area contributed by atoms with Crippen LogP contribution in [0.25, 0.3) is 66.1 Å². The van der Waals surface area contributed by atoms with Gasteiger partial charge in [0.05, 0.1) is 0 Å². The normalized spacial score (nSPS) is 12.1. The highest BCUT2D eigenvalue weighted by Crippen LogP contribution is 2.48. The Morgan fingerprint density at radius 2 is 0.709 bits per heavy atom. The second-order valence-electron chi connectivity index (χ2n) is 22.0. The highest BCUT2D eigenvalue weighted by atomic mass is 14.4. The summed E-state index contributed by atoms with van der Waals surface area (Å²) < 4.78 is 0. The monoisotopic (exact) mass is 1020 g/mol. The smallest absolute Gasteiger partial charge is 0.0158 e. The molecule has 15 rings (SSSR count). The molecule has 0 atom stereocenters. The first-order valence-corrected chi connectivity index (χ1v) is 28.0. The summed E-state index contributed by atoms with van der Waals surface area (Å²) in [6.07, 6.45) is 2.21. The van der Waals surface area contributed by atoms with Crippen molar-refractivity contribution in [3.8, 4) is 44.5 Å². The summed E-state index contributed by atoms with van der Waals surface area (Å²) in [6.45, 7) is 17.5. The fourth-order valence-electron chi connectivity index (χ4n) is 11.5. The van der Waals surface area contributed by atoms with E-state index in [0.717, 1.165) is 12.8 Å². The summed E-state index contributed by atoms with van der Waals surface area (Å²) in [7, 11) is 0. The molecule has 0 aromatic heterocycles. The van der Waals surface area contributed by atoms with Crippen molar-refractivity contribution in [2.24, 2.45) is 0 Å². The Morgan fingerprint density at radius 3 is 1.43 bits per heavy atom. The van der Waals surface area contributed by atoms with Crippen LogP contribution in [0.2, 0.25) is 0 Å². The van der Waals surface area contributed by atoms with E-state index >= 15 is 0 Å². The molecule has 3 aliphatic carbocycles. The average Bonchev–Trinajstić information content (AvgIpc) is 4.12. The molecule has 388 valence electrons. The molecule has 0 heteroatoms. The Labute approximate surface area is 470 Å². The second-order valence-corrected chi connectivity index (χ2v) is 22.0. The van der Waals surface area contributed by atoms with E-state index in [-0.39, 0.29) is 5.41 Å². The van der Waals surface area contributed by atoms with Gasteiger partial charge in [-0.3, -0.25) is 0 Å². The summed E-state index contributed by atoms with van der Waals surface area (Å²) in [5, 5.41) is 5.33. The van der Waals surface area contributed by atoms with Crippen molar-refractivity contribution in [3.05, 3.63) is 334 Å². The van der Waals surface area contributed by atoms with Crippen molar-refractivity contribution in [1.29, 1.82) is 0 Å².